The van der Waals surface area contributed by atoms with Crippen molar-refractivity contribution in [3.05, 3.63) is 39.5 Å². The number of fused-ring (bicyclic) bond motifs is 1. The van der Waals surface area contributed by atoms with Crippen LogP contribution in [0.5, 0.6) is 0 Å². The molecule has 1 aromatic heterocycles. The molecule has 1 atom stereocenters. The summed E-state index contributed by atoms with van der Waals surface area (Å²) in [6, 6.07) is 4.34. The van der Waals surface area contributed by atoms with E-state index in [-0.39, 0.29) is 5.69 Å². The maximum Gasteiger partial charge on any atom is 0.337 e. The average molecular weight is 402 g/mol. The minimum Gasteiger partial charge on any atom is -0.479 e. The van der Waals surface area contributed by atoms with Crippen molar-refractivity contribution >= 4 is 32.8 Å². The van der Waals surface area contributed by atoms with E-state index in [2.05, 4.69) is 20.9 Å². The summed E-state index contributed by atoms with van der Waals surface area (Å²) < 4.78 is 31.8. The Kier molecular flexibility index (Phi) is 5.25. The molecule has 7 heteroatoms. The molecule has 0 amide bonds. The number of nitrogens with zero attached hydrogens (tertiary/aromatic N) is 1. The third-order valence-electron chi connectivity index (χ3n) is 3.38. The maximum absolute atomic E-state index is 12.8. The Morgan fingerprint density at radius 1 is 1.33 bits per heavy atom. The zero-order valence-electron chi connectivity index (χ0n) is 13.7. The smallest absolute Gasteiger partial charge is 0.337 e. The maximum atomic E-state index is 12.8. The van der Waals surface area contributed by atoms with Crippen LogP contribution in [0, 0.1) is 6.92 Å². The highest BCUT2D eigenvalue weighted by Crippen LogP contribution is 2.37. The van der Waals surface area contributed by atoms with Gasteiger partial charge >= 0.3 is 5.97 Å². The van der Waals surface area contributed by atoms with E-state index < -0.39 is 24.1 Å². The zero-order valence-corrected chi connectivity index (χ0v) is 15.3. The number of ether oxygens (including phenoxy) is 1. The zero-order chi connectivity index (χ0) is 18.2. The lowest BCUT2D eigenvalue weighted by Crippen LogP contribution is -2.28. The molecule has 2 aromatic rings. The van der Waals surface area contributed by atoms with Crippen molar-refractivity contribution in [1.82, 2.24) is 4.98 Å². The van der Waals surface area contributed by atoms with Crippen LogP contribution in [0.2, 0.25) is 0 Å². The summed E-state index contributed by atoms with van der Waals surface area (Å²) in [7, 11) is 0. The fraction of sp³-hybridized carbons (Fsp3) is 0.412. The fourth-order valence-electron chi connectivity index (χ4n) is 2.42. The molecule has 130 valence electrons. The lowest BCUT2D eigenvalue weighted by atomic mass is 9.99. The van der Waals surface area contributed by atoms with Gasteiger partial charge in [-0.3, -0.25) is 0 Å². The van der Waals surface area contributed by atoms with Crippen molar-refractivity contribution in [2.75, 3.05) is 0 Å². The third kappa shape index (κ3) is 3.89. The molecule has 0 aliphatic carbocycles. The Hall–Kier alpha value is -1.60. The van der Waals surface area contributed by atoms with Gasteiger partial charge in [-0.15, -0.1) is 0 Å². The monoisotopic (exact) mass is 401 g/mol. The van der Waals surface area contributed by atoms with E-state index in [1.54, 1.807) is 33.8 Å². The third-order valence-corrected chi connectivity index (χ3v) is 4.23. The van der Waals surface area contributed by atoms with E-state index in [1.165, 1.54) is 12.1 Å². The van der Waals surface area contributed by atoms with Crippen LogP contribution in [-0.2, 0) is 9.53 Å². The topological polar surface area (TPSA) is 59.4 Å². The molecule has 0 spiro atoms. The van der Waals surface area contributed by atoms with Crippen LogP contribution in [0.25, 0.3) is 10.9 Å². The van der Waals surface area contributed by atoms with Gasteiger partial charge in [0, 0.05) is 15.4 Å². The highest BCUT2D eigenvalue weighted by molar-refractivity contribution is 9.10. The van der Waals surface area contributed by atoms with Gasteiger partial charge in [-0.25, -0.2) is 18.6 Å². The Bertz CT molecular complexity index is 787. The summed E-state index contributed by atoms with van der Waals surface area (Å²) in [6.45, 7) is 7.01. The predicted octanol–water partition coefficient (Wildman–Crippen LogP) is 5.18. The van der Waals surface area contributed by atoms with Crippen molar-refractivity contribution in [3.8, 4) is 0 Å². The summed E-state index contributed by atoms with van der Waals surface area (Å²) in [5, 5.41) is 10.1. The van der Waals surface area contributed by atoms with Crippen LogP contribution in [0.4, 0.5) is 8.78 Å². The Morgan fingerprint density at radius 2 is 1.96 bits per heavy atom. The minimum atomic E-state index is -2.66. The first-order chi connectivity index (χ1) is 11.0. The second kappa shape index (κ2) is 6.72. The highest BCUT2D eigenvalue weighted by Gasteiger charge is 2.30. The number of hydrogen-bond acceptors (Lipinski definition) is 3. The number of aryl methyl sites for hydroxylation is 1. The number of halogens is 3. The van der Waals surface area contributed by atoms with Crippen molar-refractivity contribution in [1.29, 1.82) is 0 Å². The molecular formula is C17H18BrF2NO3. The Balaban J connectivity index is 2.66. The summed E-state index contributed by atoms with van der Waals surface area (Å²) in [5.74, 6) is -1.12. The van der Waals surface area contributed by atoms with Gasteiger partial charge in [0.1, 0.15) is 5.69 Å². The SMILES string of the molecule is Cc1cc2nc(C(F)F)ccc2c(Br)c1C(OC(C)(C)C)C(=O)O. The lowest BCUT2D eigenvalue weighted by molar-refractivity contribution is -0.160. The minimum absolute atomic E-state index is 0.317. The molecule has 0 radical (unpaired) electrons. The predicted molar refractivity (Wildman–Crippen MR) is 90.4 cm³/mol. The number of pyridine rings is 1. The number of benzene rings is 1. The first-order valence-corrected chi connectivity index (χ1v) is 8.09. The number of carboxylic acid groups (broad SMARTS) is 1. The van der Waals surface area contributed by atoms with Gasteiger partial charge in [0.25, 0.3) is 6.43 Å². The van der Waals surface area contributed by atoms with E-state index in [0.29, 0.717) is 26.5 Å². The first-order valence-electron chi connectivity index (χ1n) is 7.29. The number of hydrogen-bond donors (Lipinski definition) is 1. The molecule has 4 nitrogen and oxygen atoms in total. The van der Waals surface area contributed by atoms with Crippen molar-refractivity contribution in [2.24, 2.45) is 0 Å². The molecule has 1 N–H and O–H groups in total. The number of rotatable bonds is 4. The van der Waals surface area contributed by atoms with Crippen molar-refractivity contribution in [2.45, 2.75) is 45.8 Å². The van der Waals surface area contributed by atoms with E-state index >= 15 is 0 Å². The van der Waals surface area contributed by atoms with Crippen LogP contribution in [0.15, 0.2) is 22.7 Å². The molecule has 0 fully saturated rings. The van der Waals surface area contributed by atoms with E-state index in [9.17, 15) is 18.7 Å². The second-order valence-electron chi connectivity index (χ2n) is 6.47. The summed E-state index contributed by atoms with van der Waals surface area (Å²) in [4.78, 5) is 15.6. The standard InChI is InChI=1S/C17H18BrF2NO3/c1-8-7-11-9(5-6-10(21-11)15(19)20)13(18)12(8)14(16(22)23)24-17(2,3)4/h5-7,14-15H,1-4H3,(H,22,23). The molecule has 2 rings (SSSR count). The van der Waals surface area contributed by atoms with Crippen molar-refractivity contribution < 1.29 is 23.4 Å². The van der Waals surface area contributed by atoms with Crippen LogP contribution >= 0.6 is 15.9 Å². The quantitative estimate of drug-likeness (QED) is 0.765. The Morgan fingerprint density at radius 3 is 2.46 bits per heavy atom. The van der Waals surface area contributed by atoms with Gasteiger partial charge in [0.15, 0.2) is 6.10 Å². The van der Waals surface area contributed by atoms with E-state index in [0.717, 1.165) is 0 Å². The summed E-state index contributed by atoms with van der Waals surface area (Å²) >= 11 is 3.40. The van der Waals surface area contributed by atoms with Gasteiger partial charge in [0.2, 0.25) is 0 Å². The van der Waals surface area contributed by atoms with E-state index in [4.69, 9.17) is 4.74 Å². The molecular weight excluding hydrogens is 384 g/mol. The van der Waals surface area contributed by atoms with Gasteiger partial charge in [-0.1, -0.05) is 0 Å². The summed E-state index contributed by atoms with van der Waals surface area (Å²) in [5.41, 5.74) is 0.450. The average Bonchev–Trinajstić information content (AvgIpc) is 2.44. The number of aromatic nitrogens is 1. The number of carboxylic acids is 1. The van der Waals surface area contributed by atoms with Gasteiger partial charge in [-0.2, -0.15) is 0 Å². The van der Waals surface area contributed by atoms with Gasteiger partial charge in [0.05, 0.1) is 11.1 Å². The number of aliphatic carboxylic acids is 1. The fourth-order valence-corrected chi connectivity index (χ4v) is 3.27. The van der Waals surface area contributed by atoms with Gasteiger partial charge in [-0.05, 0) is 67.4 Å². The second-order valence-corrected chi connectivity index (χ2v) is 7.27. The lowest BCUT2D eigenvalue weighted by Gasteiger charge is -2.27. The van der Waals surface area contributed by atoms with Crippen LogP contribution in [0.3, 0.4) is 0 Å². The molecule has 0 bridgehead atoms. The molecule has 0 aliphatic heterocycles. The molecule has 0 aliphatic rings. The highest BCUT2D eigenvalue weighted by atomic mass is 79.9. The first kappa shape index (κ1) is 18.7. The molecule has 0 saturated carbocycles. The molecule has 0 saturated heterocycles. The largest absolute Gasteiger partial charge is 0.479 e. The Labute approximate surface area is 147 Å². The van der Waals surface area contributed by atoms with Gasteiger partial charge < -0.3 is 9.84 Å². The van der Waals surface area contributed by atoms with Crippen LogP contribution in [-0.4, -0.2) is 21.7 Å². The molecule has 1 aromatic carbocycles. The molecule has 24 heavy (non-hydrogen) atoms. The normalized spacial score (nSPS) is 13.5. The van der Waals surface area contributed by atoms with Crippen LogP contribution in [0.1, 0.15) is 50.1 Å². The van der Waals surface area contributed by atoms with Crippen molar-refractivity contribution in [3.63, 3.8) is 0 Å². The molecule has 1 heterocycles. The van der Waals surface area contributed by atoms with Crippen LogP contribution < -0.4 is 0 Å². The number of carbonyl (C=O) groups is 1. The molecule has 1 unspecified atom stereocenters. The summed E-state index contributed by atoms with van der Waals surface area (Å²) in [6.07, 6.45) is -3.84. The number of alkyl halides is 2. The van der Waals surface area contributed by atoms with E-state index in [1.807, 2.05) is 0 Å².